The van der Waals surface area contributed by atoms with E-state index in [1.54, 1.807) is 0 Å². The summed E-state index contributed by atoms with van der Waals surface area (Å²) in [5.74, 6) is 0.485. The van der Waals surface area contributed by atoms with Crippen LogP contribution in [-0.2, 0) is 14.8 Å². The number of carbonyl (C=O) groups excluding carboxylic acids is 1. The molecule has 0 aromatic carbocycles. The van der Waals surface area contributed by atoms with Gasteiger partial charge in [0.25, 0.3) is 0 Å². The van der Waals surface area contributed by atoms with E-state index in [4.69, 9.17) is 0 Å². The lowest BCUT2D eigenvalue weighted by Gasteiger charge is -2.27. The van der Waals surface area contributed by atoms with Crippen molar-refractivity contribution in [1.29, 1.82) is 0 Å². The lowest BCUT2D eigenvalue weighted by molar-refractivity contribution is -0.127. The Kier molecular flexibility index (Phi) is 2.53. The third kappa shape index (κ3) is 2.28. The molecule has 0 saturated heterocycles. The molecule has 5 heteroatoms. The van der Waals surface area contributed by atoms with Gasteiger partial charge >= 0.3 is 0 Å². The molecule has 0 aromatic heterocycles. The molecule has 0 spiro atoms. The maximum atomic E-state index is 10.9. The number of nitrogens with zero attached hydrogens (tertiary/aromatic N) is 1. The Morgan fingerprint density at radius 2 is 2.00 bits per heavy atom. The van der Waals surface area contributed by atoms with Crippen molar-refractivity contribution >= 4 is 15.8 Å². The van der Waals surface area contributed by atoms with Gasteiger partial charge in [0.05, 0.1) is 6.26 Å². The van der Waals surface area contributed by atoms with Gasteiger partial charge in [-0.3, -0.25) is 4.79 Å². The molecule has 0 aliphatic heterocycles. The SMILES string of the molecule is CN(CC1CC(=O)C1)S(C)(=O)=O. The fourth-order valence-electron chi connectivity index (χ4n) is 1.21. The van der Waals surface area contributed by atoms with Gasteiger partial charge in [-0.2, -0.15) is 0 Å². The van der Waals surface area contributed by atoms with Crippen LogP contribution >= 0.6 is 0 Å². The van der Waals surface area contributed by atoms with Crippen LogP contribution in [0.1, 0.15) is 12.8 Å². The normalized spacial score (nSPS) is 19.8. The highest BCUT2D eigenvalue weighted by molar-refractivity contribution is 7.88. The van der Waals surface area contributed by atoms with Crippen molar-refractivity contribution in [3.05, 3.63) is 0 Å². The maximum Gasteiger partial charge on any atom is 0.210 e. The van der Waals surface area contributed by atoms with Crippen molar-refractivity contribution in [3.8, 4) is 0 Å². The molecule has 0 bridgehead atoms. The van der Waals surface area contributed by atoms with Crippen LogP contribution in [0, 0.1) is 5.92 Å². The van der Waals surface area contributed by atoms with Gasteiger partial charge in [-0.05, 0) is 5.92 Å². The van der Waals surface area contributed by atoms with E-state index in [0.717, 1.165) is 0 Å². The molecule has 0 amide bonds. The molecule has 1 aliphatic carbocycles. The van der Waals surface area contributed by atoms with Crippen molar-refractivity contribution in [2.24, 2.45) is 5.92 Å². The van der Waals surface area contributed by atoms with Gasteiger partial charge in [-0.1, -0.05) is 0 Å². The maximum absolute atomic E-state index is 10.9. The monoisotopic (exact) mass is 191 g/mol. The summed E-state index contributed by atoms with van der Waals surface area (Å²) in [6.45, 7) is 0.477. The summed E-state index contributed by atoms with van der Waals surface area (Å²) in [5, 5.41) is 0. The van der Waals surface area contributed by atoms with Crippen LogP contribution in [0.15, 0.2) is 0 Å². The van der Waals surface area contributed by atoms with Crippen LogP contribution in [0.4, 0.5) is 0 Å². The van der Waals surface area contributed by atoms with Crippen LogP contribution in [0.25, 0.3) is 0 Å². The Balaban J connectivity index is 2.38. The second-order valence-corrected chi connectivity index (χ2v) is 5.45. The van der Waals surface area contributed by atoms with E-state index in [9.17, 15) is 13.2 Å². The topological polar surface area (TPSA) is 54.5 Å². The zero-order valence-electron chi connectivity index (χ0n) is 7.28. The van der Waals surface area contributed by atoms with Crippen LogP contribution in [0.3, 0.4) is 0 Å². The van der Waals surface area contributed by atoms with E-state index in [2.05, 4.69) is 0 Å². The van der Waals surface area contributed by atoms with E-state index in [0.29, 0.717) is 19.4 Å². The van der Waals surface area contributed by atoms with Crippen molar-refractivity contribution in [2.45, 2.75) is 12.8 Å². The lowest BCUT2D eigenvalue weighted by Crippen LogP contribution is -2.37. The highest BCUT2D eigenvalue weighted by atomic mass is 32.2. The van der Waals surface area contributed by atoms with Gasteiger partial charge in [0.1, 0.15) is 5.78 Å². The predicted octanol–water partition coefficient (Wildman–Crippen LogP) is -0.143. The molecule has 4 nitrogen and oxygen atoms in total. The molecule has 0 N–H and O–H groups in total. The molecular formula is C7H13NO3S. The Hall–Kier alpha value is -0.420. The summed E-state index contributed by atoms with van der Waals surface area (Å²) in [4.78, 5) is 10.6. The Labute approximate surface area is 72.6 Å². The summed E-state index contributed by atoms with van der Waals surface area (Å²) in [6.07, 6.45) is 2.26. The summed E-state index contributed by atoms with van der Waals surface area (Å²) < 4.78 is 23.2. The van der Waals surface area contributed by atoms with Gasteiger partial charge in [-0.15, -0.1) is 0 Å². The first-order chi connectivity index (χ1) is 5.39. The number of hydrogen-bond donors (Lipinski definition) is 0. The number of Topliss-reactive ketones (excluding diaryl/α,β-unsaturated/α-hetero) is 1. The molecule has 12 heavy (non-hydrogen) atoms. The number of rotatable bonds is 3. The number of carbonyl (C=O) groups is 1. The van der Waals surface area contributed by atoms with E-state index in [-0.39, 0.29) is 11.7 Å². The summed E-state index contributed by atoms with van der Waals surface area (Å²) in [7, 11) is -1.53. The quantitative estimate of drug-likeness (QED) is 0.623. The first-order valence-electron chi connectivity index (χ1n) is 3.82. The fourth-order valence-corrected chi connectivity index (χ4v) is 1.69. The molecule has 1 fully saturated rings. The Bertz CT molecular complexity index is 275. The molecule has 0 atom stereocenters. The van der Waals surface area contributed by atoms with Crippen LogP contribution in [0.5, 0.6) is 0 Å². The third-order valence-electron chi connectivity index (χ3n) is 2.11. The van der Waals surface area contributed by atoms with E-state index >= 15 is 0 Å². The van der Waals surface area contributed by atoms with E-state index < -0.39 is 10.0 Å². The highest BCUT2D eigenvalue weighted by Crippen LogP contribution is 2.23. The van der Waals surface area contributed by atoms with Crippen molar-refractivity contribution in [2.75, 3.05) is 19.8 Å². The Morgan fingerprint density at radius 3 is 2.33 bits per heavy atom. The summed E-state index contributed by atoms with van der Waals surface area (Å²) >= 11 is 0. The van der Waals surface area contributed by atoms with Crippen LogP contribution in [0.2, 0.25) is 0 Å². The zero-order valence-corrected chi connectivity index (χ0v) is 8.10. The molecule has 1 rings (SSSR count). The summed E-state index contributed by atoms with van der Waals surface area (Å²) in [6, 6.07) is 0. The third-order valence-corrected chi connectivity index (χ3v) is 3.40. The predicted molar refractivity (Wildman–Crippen MR) is 45.2 cm³/mol. The lowest BCUT2D eigenvalue weighted by atomic mass is 9.84. The first-order valence-corrected chi connectivity index (χ1v) is 5.67. The Morgan fingerprint density at radius 1 is 1.50 bits per heavy atom. The molecule has 0 aromatic rings. The number of sulfonamides is 1. The van der Waals surface area contributed by atoms with Gasteiger partial charge in [0, 0.05) is 26.4 Å². The second-order valence-electron chi connectivity index (χ2n) is 3.36. The molecule has 0 unspecified atom stereocenters. The molecule has 1 saturated carbocycles. The number of hydrogen-bond acceptors (Lipinski definition) is 3. The number of ketones is 1. The highest BCUT2D eigenvalue weighted by Gasteiger charge is 2.29. The minimum absolute atomic E-state index is 0.238. The van der Waals surface area contributed by atoms with Crippen molar-refractivity contribution in [3.63, 3.8) is 0 Å². The second kappa shape index (κ2) is 3.14. The van der Waals surface area contributed by atoms with Crippen LogP contribution < -0.4 is 0 Å². The zero-order chi connectivity index (χ0) is 9.35. The van der Waals surface area contributed by atoms with Gasteiger partial charge in [-0.25, -0.2) is 12.7 Å². The molecule has 0 radical (unpaired) electrons. The molecule has 70 valence electrons. The average Bonchev–Trinajstić information content (AvgIpc) is 1.82. The van der Waals surface area contributed by atoms with Crippen molar-refractivity contribution < 1.29 is 13.2 Å². The average molecular weight is 191 g/mol. The van der Waals surface area contributed by atoms with Gasteiger partial charge in [0.15, 0.2) is 0 Å². The molecular weight excluding hydrogens is 178 g/mol. The van der Waals surface area contributed by atoms with E-state index in [1.165, 1.54) is 17.6 Å². The summed E-state index contributed by atoms with van der Waals surface area (Å²) in [5.41, 5.74) is 0. The van der Waals surface area contributed by atoms with Crippen molar-refractivity contribution in [1.82, 2.24) is 4.31 Å². The van der Waals surface area contributed by atoms with Crippen LogP contribution in [-0.4, -0.2) is 38.4 Å². The minimum atomic E-state index is -3.07. The minimum Gasteiger partial charge on any atom is -0.300 e. The molecule has 1 aliphatic rings. The smallest absolute Gasteiger partial charge is 0.210 e. The standard InChI is InChI=1S/C7H13NO3S/c1-8(12(2,10)11)5-6-3-7(9)4-6/h6H,3-5H2,1-2H3. The van der Waals surface area contributed by atoms with Gasteiger partial charge in [0.2, 0.25) is 10.0 Å². The van der Waals surface area contributed by atoms with Gasteiger partial charge < -0.3 is 0 Å². The fraction of sp³-hybridized carbons (Fsp3) is 0.857. The largest absolute Gasteiger partial charge is 0.300 e. The van der Waals surface area contributed by atoms with E-state index in [1.807, 2.05) is 0 Å². The first kappa shape index (κ1) is 9.67. The molecule has 0 heterocycles.